The lowest BCUT2D eigenvalue weighted by Gasteiger charge is -2.37. The number of aromatic amines is 1. The molecule has 0 aliphatic carbocycles. The van der Waals surface area contributed by atoms with E-state index >= 15 is 4.39 Å². The SMILES string of the molecule is COc1ccc(C(OC[C@H]2O[C@@H](n3ccc(=O)[nH]c3=O)[C@H](F)[C@@H]2CC#N)(c2ccccc2)c2ccc(OC)cc2)cc1. The van der Waals surface area contributed by atoms with E-state index in [2.05, 4.69) is 4.98 Å². The van der Waals surface area contributed by atoms with Gasteiger partial charge in [-0.1, -0.05) is 54.6 Å². The molecule has 2 heterocycles. The number of methoxy groups -OCH3 is 2. The van der Waals surface area contributed by atoms with E-state index in [0.717, 1.165) is 27.3 Å². The Kier molecular flexibility index (Phi) is 8.52. The van der Waals surface area contributed by atoms with Crippen molar-refractivity contribution in [2.75, 3.05) is 20.8 Å². The number of nitrogens with one attached hydrogen (secondary N) is 1. The summed E-state index contributed by atoms with van der Waals surface area (Å²) in [6.45, 7) is -0.117. The van der Waals surface area contributed by atoms with Crippen LogP contribution in [0.3, 0.4) is 0 Å². The van der Waals surface area contributed by atoms with Crippen LogP contribution in [-0.2, 0) is 15.1 Å². The van der Waals surface area contributed by atoms with Gasteiger partial charge in [-0.05, 0) is 41.0 Å². The third-order valence-corrected chi connectivity index (χ3v) is 7.56. The van der Waals surface area contributed by atoms with Gasteiger partial charge in [0.2, 0.25) is 0 Å². The predicted molar refractivity (Wildman–Crippen MR) is 152 cm³/mol. The monoisotopic (exact) mass is 571 g/mol. The molecule has 216 valence electrons. The van der Waals surface area contributed by atoms with Crippen LogP contribution in [0.25, 0.3) is 0 Å². The Hall–Kier alpha value is -4.72. The Balaban J connectivity index is 1.59. The molecule has 10 heteroatoms. The minimum atomic E-state index is -1.70. The van der Waals surface area contributed by atoms with Gasteiger partial charge in [-0.3, -0.25) is 14.3 Å². The van der Waals surface area contributed by atoms with Gasteiger partial charge in [-0.15, -0.1) is 0 Å². The van der Waals surface area contributed by atoms with Crippen molar-refractivity contribution in [2.24, 2.45) is 5.92 Å². The lowest BCUT2D eigenvalue weighted by atomic mass is 9.80. The molecule has 9 nitrogen and oxygen atoms in total. The summed E-state index contributed by atoms with van der Waals surface area (Å²) >= 11 is 0. The Morgan fingerprint density at radius 2 is 1.48 bits per heavy atom. The molecule has 5 rings (SSSR count). The van der Waals surface area contributed by atoms with Crippen molar-refractivity contribution < 1.29 is 23.3 Å². The van der Waals surface area contributed by atoms with Crippen molar-refractivity contribution >= 4 is 0 Å². The Bertz CT molecular complexity index is 1600. The summed E-state index contributed by atoms with van der Waals surface area (Å²) in [5, 5.41) is 9.52. The molecule has 1 aromatic heterocycles. The van der Waals surface area contributed by atoms with Crippen LogP contribution in [0.15, 0.2) is 101 Å². The molecule has 0 amide bonds. The van der Waals surface area contributed by atoms with Gasteiger partial charge in [-0.2, -0.15) is 5.26 Å². The predicted octanol–water partition coefficient (Wildman–Crippen LogP) is 4.33. The second kappa shape index (κ2) is 12.4. The molecule has 0 unspecified atom stereocenters. The summed E-state index contributed by atoms with van der Waals surface area (Å²) < 4.78 is 40.5. The first kappa shape index (κ1) is 28.8. The highest BCUT2D eigenvalue weighted by Crippen LogP contribution is 2.44. The minimum Gasteiger partial charge on any atom is -0.497 e. The Morgan fingerprint density at radius 1 is 0.905 bits per heavy atom. The van der Waals surface area contributed by atoms with Gasteiger partial charge < -0.3 is 18.9 Å². The van der Waals surface area contributed by atoms with Crippen LogP contribution in [0, 0.1) is 17.2 Å². The summed E-state index contributed by atoms with van der Waals surface area (Å²) in [6.07, 6.45) is -2.89. The molecule has 0 saturated carbocycles. The van der Waals surface area contributed by atoms with Gasteiger partial charge in [-0.25, -0.2) is 9.18 Å². The average molecular weight is 572 g/mol. The second-order valence-electron chi connectivity index (χ2n) is 9.87. The number of ether oxygens (including phenoxy) is 4. The Morgan fingerprint density at radius 3 is 2.00 bits per heavy atom. The quantitative estimate of drug-likeness (QED) is 0.282. The highest BCUT2D eigenvalue weighted by molar-refractivity contribution is 5.49. The van der Waals surface area contributed by atoms with Crippen molar-refractivity contribution in [1.82, 2.24) is 9.55 Å². The molecule has 4 aromatic rings. The number of benzene rings is 3. The zero-order valence-electron chi connectivity index (χ0n) is 23.1. The molecule has 0 radical (unpaired) electrons. The molecule has 42 heavy (non-hydrogen) atoms. The fourth-order valence-electron chi connectivity index (χ4n) is 5.41. The first-order chi connectivity index (χ1) is 20.4. The van der Waals surface area contributed by atoms with Crippen LogP contribution in [0.5, 0.6) is 11.5 Å². The largest absolute Gasteiger partial charge is 0.497 e. The number of hydrogen-bond acceptors (Lipinski definition) is 7. The third kappa shape index (κ3) is 5.44. The van der Waals surface area contributed by atoms with E-state index in [1.165, 1.54) is 6.20 Å². The zero-order valence-corrected chi connectivity index (χ0v) is 23.1. The van der Waals surface area contributed by atoms with Crippen LogP contribution in [0.1, 0.15) is 29.3 Å². The maximum absolute atomic E-state index is 15.8. The van der Waals surface area contributed by atoms with Gasteiger partial charge in [0.15, 0.2) is 12.4 Å². The van der Waals surface area contributed by atoms with E-state index in [-0.39, 0.29) is 13.0 Å². The second-order valence-corrected chi connectivity index (χ2v) is 9.87. The van der Waals surface area contributed by atoms with Gasteiger partial charge in [0.1, 0.15) is 17.1 Å². The number of alkyl halides is 1. The van der Waals surface area contributed by atoms with Crippen LogP contribution in [0.2, 0.25) is 0 Å². The molecule has 4 atom stereocenters. The molecule has 1 saturated heterocycles. The fourth-order valence-corrected chi connectivity index (χ4v) is 5.41. The third-order valence-electron chi connectivity index (χ3n) is 7.56. The molecule has 1 aliphatic rings. The number of aromatic nitrogens is 2. The summed E-state index contributed by atoms with van der Waals surface area (Å²) in [6, 6.07) is 27.7. The van der Waals surface area contributed by atoms with Crippen molar-refractivity contribution in [3.63, 3.8) is 0 Å². The first-order valence-electron chi connectivity index (χ1n) is 13.4. The number of rotatable bonds is 10. The standard InChI is InChI=1S/C32H30FN3O6/c1-39-24-12-8-22(9-13-24)32(21-6-4-3-5-7-21,23-10-14-25(40-2)15-11-23)41-20-27-26(16-18-34)29(33)30(42-27)36-19-17-28(37)35-31(36)38/h3-15,17,19,26-27,29-30H,16,20H2,1-2H3,(H,35,37,38)/t26-,27-,29-,30-/m1/s1. The summed E-state index contributed by atoms with van der Waals surface area (Å²) in [7, 11) is 3.17. The van der Waals surface area contributed by atoms with E-state index in [9.17, 15) is 14.9 Å². The normalized spacial score (nSPS) is 20.1. The lowest BCUT2D eigenvalue weighted by Crippen LogP contribution is -2.37. The van der Waals surface area contributed by atoms with Crippen molar-refractivity contribution in [3.8, 4) is 17.6 Å². The molecule has 3 aromatic carbocycles. The lowest BCUT2D eigenvalue weighted by molar-refractivity contribution is -0.0873. The summed E-state index contributed by atoms with van der Waals surface area (Å²) in [4.78, 5) is 26.2. The van der Waals surface area contributed by atoms with Crippen LogP contribution in [0.4, 0.5) is 4.39 Å². The number of halogens is 1. The fraction of sp³-hybridized carbons (Fsp3) is 0.281. The molecule has 0 spiro atoms. The van der Waals surface area contributed by atoms with Crippen molar-refractivity contribution in [1.29, 1.82) is 5.26 Å². The van der Waals surface area contributed by atoms with Gasteiger partial charge >= 0.3 is 5.69 Å². The van der Waals surface area contributed by atoms with E-state index in [0.29, 0.717) is 11.5 Å². The molecule has 0 bridgehead atoms. The van der Waals surface area contributed by atoms with E-state index in [4.69, 9.17) is 18.9 Å². The number of hydrogen-bond donors (Lipinski definition) is 1. The molecule has 1 aliphatic heterocycles. The number of nitriles is 1. The van der Waals surface area contributed by atoms with Crippen molar-refractivity contribution in [2.45, 2.75) is 30.5 Å². The van der Waals surface area contributed by atoms with Gasteiger partial charge in [0, 0.05) is 24.6 Å². The number of nitrogens with zero attached hydrogens (tertiary/aromatic N) is 2. The average Bonchev–Trinajstić information content (AvgIpc) is 3.33. The highest BCUT2D eigenvalue weighted by Gasteiger charge is 2.48. The molecular formula is C32H30FN3O6. The zero-order chi connectivity index (χ0) is 29.7. The van der Waals surface area contributed by atoms with Crippen LogP contribution < -0.4 is 20.7 Å². The van der Waals surface area contributed by atoms with Crippen LogP contribution in [-0.4, -0.2) is 42.7 Å². The van der Waals surface area contributed by atoms with E-state index in [1.807, 2.05) is 84.9 Å². The maximum atomic E-state index is 15.8. The first-order valence-corrected chi connectivity index (χ1v) is 13.4. The molecule has 1 N–H and O–H groups in total. The smallest absolute Gasteiger partial charge is 0.330 e. The number of H-pyrrole nitrogens is 1. The topological polar surface area (TPSA) is 116 Å². The maximum Gasteiger partial charge on any atom is 0.330 e. The van der Waals surface area contributed by atoms with E-state index < -0.39 is 41.3 Å². The minimum absolute atomic E-state index is 0.117. The summed E-state index contributed by atoms with van der Waals surface area (Å²) in [5.74, 6) is 0.440. The van der Waals surface area contributed by atoms with Gasteiger partial charge in [0.25, 0.3) is 5.56 Å². The van der Waals surface area contributed by atoms with Crippen molar-refractivity contribution in [3.05, 3.63) is 129 Å². The highest BCUT2D eigenvalue weighted by atomic mass is 19.1. The van der Waals surface area contributed by atoms with Crippen LogP contribution >= 0.6 is 0 Å². The van der Waals surface area contributed by atoms with Gasteiger partial charge in [0.05, 0.1) is 33.0 Å². The van der Waals surface area contributed by atoms with E-state index in [1.54, 1.807) is 14.2 Å². The molecular weight excluding hydrogens is 541 g/mol. The Labute approximate surface area is 241 Å². The summed E-state index contributed by atoms with van der Waals surface area (Å²) in [5.41, 5.74) is -0.231. The molecule has 1 fully saturated rings.